The van der Waals surface area contributed by atoms with E-state index in [4.69, 9.17) is 10.7 Å². The molecule has 0 radical (unpaired) electrons. The lowest BCUT2D eigenvalue weighted by molar-refractivity contribution is 0.367. The topological polar surface area (TPSA) is 64.8 Å². The van der Waals surface area contributed by atoms with Crippen molar-refractivity contribution in [2.75, 3.05) is 0 Å². The molecule has 0 saturated heterocycles. The maximum atomic E-state index is 11.5. The zero-order chi connectivity index (χ0) is 13.6. The normalized spacial score (nSPS) is 12.9. The summed E-state index contributed by atoms with van der Waals surface area (Å²) in [4.78, 5) is 0.851. The summed E-state index contributed by atoms with van der Waals surface area (Å²) >= 11 is 1.47. The molecule has 0 atom stereocenters. The molecule has 2 aromatic heterocycles. The van der Waals surface area contributed by atoms with E-state index in [1.165, 1.54) is 11.3 Å². The van der Waals surface area contributed by atoms with Gasteiger partial charge in [0.2, 0.25) is 0 Å². The average molecular weight is 306 g/mol. The van der Waals surface area contributed by atoms with Crippen LogP contribution in [0.1, 0.15) is 20.8 Å². The van der Waals surface area contributed by atoms with Crippen molar-refractivity contribution in [2.45, 2.75) is 31.5 Å². The van der Waals surface area contributed by atoms with Gasteiger partial charge in [-0.1, -0.05) is 6.07 Å². The average Bonchev–Trinajstić information content (AvgIpc) is 2.83. The largest absolute Gasteiger partial charge is 0.296 e. The van der Waals surface area contributed by atoms with Crippen LogP contribution < -0.4 is 0 Å². The van der Waals surface area contributed by atoms with E-state index in [0.29, 0.717) is 5.82 Å². The number of rotatable bonds is 2. The summed E-state index contributed by atoms with van der Waals surface area (Å²) in [7, 11) is 1.48. The first-order valence-electron chi connectivity index (χ1n) is 5.15. The molecule has 0 aromatic carbocycles. The Hall–Kier alpha value is -0.920. The van der Waals surface area contributed by atoms with Crippen LogP contribution in [-0.2, 0) is 14.6 Å². The van der Waals surface area contributed by atoms with Gasteiger partial charge < -0.3 is 0 Å². The maximum absolute atomic E-state index is 11.5. The number of halogens is 1. The fourth-order valence-electron chi connectivity index (χ4n) is 1.60. The SMILES string of the molecule is CC(C)(C)n1c(-c2cccs2)nnc1S(=O)(=O)Cl. The highest BCUT2D eigenvalue weighted by Gasteiger charge is 2.30. The second kappa shape index (κ2) is 4.32. The third kappa shape index (κ3) is 2.43. The van der Waals surface area contributed by atoms with Gasteiger partial charge in [-0.15, -0.1) is 21.5 Å². The summed E-state index contributed by atoms with van der Waals surface area (Å²) in [5, 5.41) is 9.33. The molecule has 98 valence electrons. The summed E-state index contributed by atoms with van der Waals surface area (Å²) in [5.41, 5.74) is -0.486. The van der Waals surface area contributed by atoms with E-state index in [-0.39, 0.29) is 5.16 Å². The van der Waals surface area contributed by atoms with Crippen molar-refractivity contribution >= 4 is 31.1 Å². The monoisotopic (exact) mass is 305 g/mol. The number of thiophene rings is 1. The predicted octanol–water partition coefficient (Wildman–Crippen LogP) is 2.69. The molecule has 8 heteroatoms. The molecule has 18 heavy (non-hydrogen) atoms. The summed E-state index contributed by atoms with van der Waals surface area (Å²) in [6.07, 6.45) is 0. The summed E-state index contributed by atoms with van der Waals surface area (Å²) in [6.45, 7) is 5.62. The molecule has 0 fully saturated rings. The van der Waals surface area contributed by atoms with Gasteiger partial charge in [-0.05, 0) is 32.2 Å². The molecule has 0 unspecified atom stereocenters. The van der Waals surface area contributed by atoms with Crippen LogP contribution in [0, 0.1) is 0 Å². The van der Waals surface area contributed by atoms with Gasteiger partial charge in [-0.2, -0.15) is 0 Å². The van der Waals surface area contributed by atoms with E-state index in [0.717, 1.165) is 4.88 Å². The first kappa shape index (κ1) is 13.5. The second-order valence-corrected chi connectivity index (χ2v) is 8.13. The lowest BCUT2D eigenvalue weighted by atomic mass is 10.1. The van der Waals surface area contributed by atoms with Crippen molar-refractivity contribution in [2.24, 2.45) is 0 Å². The van der Waals surface area contributed by atoms with Crippen LogP contribution >= 0.6 is 22.0 Å². The van der Waals surface area contributed by atoms with Crippen molar-refractivity contribution < 1.29 is 8.42 Å². The third-order valence-electron chi connectivity index (χ3n) is 2.26. The van der Waals surface area contributed by atoms with E-state index >= 15 is 0 Å². The van der Waals surface area contributed by atoms with Gasteiger partial charge in [0.1, 0.15) is 0 Å². The summed E-state index contributed by atoms with van der Waals surface area (Å²) < 4.78 is 24.6. The second-order valence-electron chi connectivity index (χ2n) is 4.73. The van der Waals surface area contributed by atoms with Crippen LogP contribution in [0.2, 0.25) is 0 Å². The fourth-order valence-corrected chi connectivity index (χ4v) is 3.31. The Morgan fingerprint density at radius 1 is 1.33 bits per heavy atom. The number of nitrogens with zero attached hydrogens (tertiary/aromatic N) is 3. The van der Waals surface area contributed by atoms with Crippen molar-refractivity contribution in [1.29, 1.82) is 0 Å². The molecule has 2 aromatic rings. The van der Waals surface area contributed by atoms with E-state index < -0.39 is 14.6 Å². The lowest BCUT2D eigenvalue weighted by Crippen LogP contribution is -2.25. The Labute approximate surface area is 114 Å². The standard InChI is InChI=1S/C10H12ClN3O2S2/c1-10(2,3)14-8(7-5-4-6-17-7)12-13-9(14)18(11,15)16/h4-6H,1-3H3. The molecule has 0 aliphatic rings. The molecular weight excluding hydrogens is 294 g/mol. The minimum absolute atomic E-state index is 0.222. The van der Waals surface area contributed by atoms with Crippen LogP contribution in [0.3, 0.4) is 0 Å². The zero-order valence-corrected chi connectivity index (χ0v) is 12.5. The van der Waals surface area contributed by atoms with Crippen LogP contribution in [0.25, 0.3) is 10.7 Å². The van der Waals surface area contributed by atoms with Gasteiger partial charge in [-0.3, -0.25) is 4.57 Å². The van der Waals surface area contributed by atoms with Crippen LogP contribution in [0.5, 0.6) is 0 Å². The highest BCUT2D eigenvalue weighted by atomic mass is 35.7. The van der Waals surface area contributed by atoms with Gasteiger partial charge in [0.05, 0.1) is 4.88 Å². The van der Waals surface area contributed by atoms with E-state index in [9.17, 15) is 8.42 Å². The highest BCUT2D eigenvalue weighted by Crippen LogP contribution is 2.31. The molecule has 5 nitrogen and oxygen atoms in total. The Morgan fingerprint density at radius 3 is 2.44 bits per heavy atom. The van der Waals surface area contributed by atoms with Crippen LogP contribution in [0.4, 0.5) is 0 Å². The lowest BCUT2D eigenvalue weighted by Gasteiger charge is -2.23. The molecule has 0 aliphatic carbocycles. The molecule has 0 N–H and O–H groups in total. The first-order valence-corrected chi connectivity index (χ1v) is 8.34. The van der Waals surface area contributed by atoms with Crippen molar-refractivity contribution in [1.82, 2.24) is 14.8 Å². The third-order valence-corrected chi connectivity index (χ3v) is 4.24. The maximum Gasteiger partial charge on any atom is 0.296 e. The van der Waals surface area contributed by atoms with Crippen molar-refractivity contribution in [3.05, 3.63) is 17.5 Å². The fraction of sp³-hybridized carbons (Fsp3) is 0.400. The Bertz CT molecular complexity index is 654. The van der Waals surface area contributed by atoms with Crippen LogP contribution in [0.15, 0.2) is 22.7 Å². The first-order chi connectivity index (χ1) is 8.21. The Kier molecular flexibility index (Phi) is 3.25. The van der Waals surface area contributed by atoms with Crippen molar-refractivity contribution in [3.63, 3.8) is 0 Å². The predicted molar refractivity (Wildman–Crippen MR) is 71.4 cm³/mol. The van der Waals surface area contributed by atoms with E-state index in [1.807, 2.05) is 38.3 Å². The molecular formula is C10H12ClN3O2S2. The van der Waals surface area contributed by atoms with Gasteiger partial charge in [0.15, 0.2) is 5.82 Å². The molecule has 2 heterocycles. The molecule has 0 amide bonds. The van der Waals surface area contributed by atoms with E-state index in [1.54, 1.807) is 4.57 Å². The quantitative estimate of drug-likeness (QED) is 0.800. The molecule has 0 aliphatic heterocycles. The number of hydrogen-bond donors (Lipinski definition) is 0. The molecule has 0 spiro atoms. The van der Waals surface area contributed by atoms with Gasteiger partial charge >= 0.3 is 0 Å². The number of aromatic nitrogens is 3. The van der Waals surface area contributed by atoms with E-state index in [2.05, 4.69) is 10.2 Å². The van der Waals surface area contributed by atoms with Crippen LogP contribution in [-0.4, -0.2) is 23.2 Å². The highest BCUT2D eigenvalue weighted by molar-refractivity contribution is 8.13. The minimum atomic E-state index is -3.92. The summed E-state index contributed by atoms with van der Waals surface area (Å²) in [6, 6.07) is 3.73. The Morgan fingerprint density at radius 2 is 2.00 bits per heavy atom. The molecule has 2 rings (SSSR count). The van der Waals surface area contributed by atoms with Crippen molar-refractivity contribution in [3.8, 4) is 10.7 Å². The van der Waals surface area contributed by atoms with Gasteiger partial charge in [0, 0.05) is 16.2 Å². The Balaban J connectivity index is 2.75. The minimum Gasteiger partial charge on any atom is -0.291 e. The smallest absolute Gasteiger partial charge is 0.291 e. The van der Waals surface area contributed by atoms with Gasteiger partial charge in [-0.25, -0.2) is 8.42 Å². The van der Waals surface area contributed by atoms with Gasteiger partial charge in [0.25, 0.3) is 14.2 Å². The zero-order valence-electron chi connectivity index (χ0n) is 10.1. The summed E-state index contributed by atoms with van der Waals surface area (Å²) in [5.74, 6) is 0.511. The molecule has 0 saturated carbocycles. The number of hydrogen-bond acceptors (Lipinski definition) is 5. The molecule has 0 bridgehead atoms.